The molecule has 0 spiro atoms. The van der Waals surface area contributed by atoms with Gasteiger partial charge in [-0.25, -0.2) is 0 Å². The minimum Gasteiger partial charge on any atom is -0.467 e. The maximum Gasteiger partial charge on any atom is 0.257 e. The lowest BCUT2D eigenvalue weighted by molar-refractivity contribution is 0.0655. The van der Waals surface area contributed by atoms with Crippen molar-refractivity contribution in [2.24, 2.45) is 0 Å². The molecule has 0 N–H and O–H groups in total. The van der Waals surface area contributed by atoms with Gasteiger partial charge in [-0.15, -0.1) is 0 Å². The van der Waals surface area contributed by atoms with E-state index >= 15 is 0 Å². The molecule has 22 heavy (non-hydrogen) atoms. The van der Waals surface area contributed by atoms with E-state index in [-0.39, 0.29) is 5.91 Å². The third kappa shape index (κ3) is 2.92. The lowest BCUT2D eigenvalue weighted by Gasteiger charge is -2.24. The van der Waals surface area contributed by atoms with Crippen LogP contribution in [0.5, 0.6) is 0 Å². The van der Waals surface area contributed by atoms with Crippen molar-refractivity contribution in [3.05, 3.63) is 41.6 Å². The fourth-order valence-corrected chi connectivity index (χ4v) is 2.84. The summed E-state index contributed by atoms with van der Waals surface area (Å²) in [7, 11) is 1.77. The molecule has 2 aromatic rings. The van der Waals surface area contributed by atoms with Crippen LogP contribution in [0.25, 0.3) is 0 Å². The normalized spacial score (nSPS) is 15.9. The summed E-state index contributed by atoms with van der Waals surface area (Å²) in [5, 5.41) is 4.43. The van der Waals surface area contributed by atoms with E-state index in [9.17, 15) is 4.79 Å². The standard InChI is InChI=1S/C16H21N3O3/c1-12-15(10-17-19(12)13-5-8-21-9-6-13)16(20)18(2)11-14-4-3-7-22-14/h3-4,7,10,13H,5-6,8-9,11H2,1-2H3. The van der Waals surface area contributed by atoms with Crippen LogP contribution in [0, 0.1) is 6.92 Å². The fraction of sp³-hybridized carbons (Fsp3) is 0.500. The van der Waals surface area contributed by atoms with Gasteiger partial charge in [-0.1, -0.05) is 0 Å². The first-order valence-corrected chi connectivity index (χ1v) is 7.56. The lowest BCUT2D eigenvalue weighted by Crippen LogP contribution is -2.27. The summed E-state index contributed by atoms with van der Waals surface area (Å²) in [6.07, 6.45) is 5.17. The molecular formula is C16H21N3O3. The third-order valence-corrected chi connectivity index (χ3v) is 4.13. The molecule has 6 heteroatoms. The summed E-state index contributed by atoms with van der Waals surface area (Å²) in [5.74, 6) is 0.734. The van der Waals surface area contributed by atoms with E-state index < -0.39 is 0 Å². The van der Waals surface area contributed by atoms with Crippen molar-refractivity contribution in [1.29, 1.82) is 0 Å². The van der Waals surface area contributed by atoms with Crippen molar-refractivity contribution in [1.82, 2.24) is 14.7 Å². The van der Waals surface area contributed by atoms with Crippen molar-refractivity contribution in [2.45, 2.75) is 32.4 Å². The van der Waals surface area contributed by atoms with Gasteiger partial charge in [-0.2, -0.15) is 5.10 Å². The summed E-state index contributed by atoms with van der Waals surface area (Å²) >= 11 is 0. The Morgan fingerprint density at radius 3 is 2.91 bits per heavy atom. The number of aromatic nitrogens is 2. The van der Waals surface area contributed by atoms with E-state index in [0.717, 1.165) is 37.5 Å². The molecule has 0 saturated carbocycles. The van der Waals surface area contributed by atoms with Crippen LogP contribution in [0.4, 0.5) is 0 Å². The van der Waals surface area contributed by atoms with Crippen LogP contribution in [0.15, 0.2) is 29.0 Å². The predicted octanol–water partition coefficient (Wildman–Crippen LogP) is 2.41. The van der Waals surface area contributed by atoms with Crippen molar-refractivity contribution >= 4 is 5.91 Å². The van der Waals surface area contributed by atoms with Crippen LogP contribution in [0.2, 0.25) is 0 Å². The van der Waals surface area contributed by atoms with Gasteiger partial charge in [0.15, 0.2) is 0 Å². The number of hydrogen-bond donors (Lipinski definition) is 0. The molecule has 3 heterocycles. The maximum absolute atomic E-state index is 12.6. The summed E-state index contributed by atoms with van der Waals surface area (Å²) < 4.78 is 12.6. The maximum atomic E-state index is 12.6. The molecule has 0 aromatic carbocycles. The van der Waals surface area contributed by atoms with Crippen LogP contribution in [-0.4, -0.2) is 40.8 Å². The molecule has 1 aliphatic heterocycles. The van der Waals surface area contributed by atoms with Crippen LogP contribution in [-0.2, 0) is 11.3 Å². The summed E-state index contributed by atoms with van der Waals surface area (Å²) in [6, 6.07) is 4.01. The van der Waals surface area contributed by atoms with Crippen LogP contribution in [0.3, 0.4) is 0 Å². The molecule has 1 saturated heterocycles. The zero-order valence-electron chi connectivity index (χ0n) is 13.0. The second-order valence-corrected chi connectivity index (χ2v) is 5.67. The average molecular weight is 303 g/mol. The van der Waals surface area contributed by atoms with Gasteiger partial charge in [-0.05, 0) is 31.9 Å². The number of ether oxygens (including phenoxy) is 1. The SMILES string of the molecule is Cc1c(C(=O)N(C)Cc2ccco2)cnn1C1CCOCC1. The summed E-state index contributed by atoms with van der Waals surface area (Å²) in [6.45, 7) is 3.92. The van der Waals surface area contributed by atoms with E-state index in [2.05, 4.69) is 5.10 Å². The Morgan fingerprint density at radius 1 is 1.45 bits per heavy atom. The second kappa shape index (κ2) is 6.36. The number of carbonyl (C=O) groups is 1. The minimum absolute atomic E-state index is 0.0350. The number of amides is 1. The summed E-state index contributed by atoms with van der Waals surface area (Å²) in [5.41, 5.74) is 1.57. The Hall–Kier alpha value is -2.08. The zero-order valence-corrected chi connectivity index (χ0v) is 13.0. The van der Waals surface area contributed by atoms with E-state index in [1.807, 2.05) is 23.7 Å². The number of carbonyl (C=O) groups excluding carboxylic acids is 1. The third-order valence-electron chi connectivity index (χ3n) is 4.13. The Morgan fingerprint density at radius 2 is 2.23 bits per heavy atom. The molecule has 0 atom stereocenters. The molecule has 0 bridgehead atoms. The van der Waals surface area contributed by atoms with Crippen LogP contribution in [0.1, 0.15) is 40.7 Å². The van der Waals surface area contributed by atoms with Crippen molar-refractivity contribution in [3.8, 4) is 0 Å². The molecule has 118 valence electrons. The highest BCUT2D eigenvalue weighted by Gasteiger charge is 2.23. The van der Waals surface area contributed by atoms with Gasteiger partial charge in [0.05, 0.1) is 30.6 Å². The Balaban J connectivity index is 1.73. The smallest absolute Gasteiger partial charge is 0.257 e. The topological polar surface area (TPSA) is 60.5 Å². The average Bonchev–Trinajstić information content (AvgIpc) is 3.17. The molecular weight excluding hydrogens is 282 g/mol. The first-order chi connectivity index (χ1) is 10.7. The van der Waals surface area contributed by atoms with Gasteiger partial charge in [-0.3, -0.25) is 9.48 Å². The van der Waals surface area contributed by atoms with Gasteiger partial charge in [0, 0.05) is 26.0 Å². The first-order valence-electron chi connectivity index (χ1n) is 7.56. The largest absolute Gasteiger partial charge is 0.467 e. The van der Waals surface area contributed by atoms with Crippen LogP contribution >= 0.6 is 0 Å². The fourth-order valence-electron chi connectivity index (χ4n) is 2.84. The second-order valence-electron chi connectivity index (χ2n) is 5.67. The van der Waals surface area contributed by atoms with E-state index in [1.54, 1.807) is 24.4 Å². The minimum atomic E-state index is -0.0350. The van der Waals surface area contributed by atoms with Gasteiger partial charge in [0.2, 0.25) is 0 Å². The number of hydrogen-bond acceptors (Lipinski definition) is 4. The Labute approximate surface area is 129 Å². The predicted molar refractivity (Wildman–Crippen MR) is 80.6 cm³/mol. The molecule has 1 aliphatic rings. The molecule has 2 aromatic heterocycles. The monoisotopic (exact) mass is 303 g/mol. The highest BCUT2D eigenvalue weighted by molar-refractivity contribution is 5.94. The van der Waals surface area contributed by atoms with Gasteiger partial charge in [0.1, 0.15) is 5.76 Å². The number of nitrogens with zero attached hydrogens (tertiary/aromatic N) is 3. The molecule has 0 radical (unpaired) electrons. The van der Waals surface area contributed by atoms with Crippen LogP contribution < -0.4 is 0 Å². The first kappa shape index (κ1) is 14.8. The highest BCUT2D eigenvalue weighted by atomic mass is 16.5. The molecule has 0 unspecified atom stereocenters. The van der Waals surface area contributed by atoms with E-state index in [4.69, 9.17) is 9.15 Å². The molecule has 0 aliphatic carbocycles. The quantitative estimate of drug-likeness (QED) is 0.870. The number of furan rings is 1. The van der Waals surface area contributed by atoms with Crippen molar-refractivity contribution in [3.63, 3.8) is 0 Å². The molecule has 1 amide bonds. The van der Waals surface area contributed by atoms with Crippen molar-refractivity contribution < 1.29 is 13.9 Å². The lowest BCUT2D eigenvalue weighted by atomic mass is 10.1. The molecule has 3 rings (SSSR count). The van der Waals surface area contributed by atoms with Crippen molar-refractivity contribution in [2.75, 3.05) is 20.3 Å². The molecule has 1 fully saturated rings. The van der Waals surface area contributed by atoms with E-state index in [0.29, 0.717) is 18.2 Å². The van der Waals surface area contributed by atoms with Gasteiger partial charge < -0.3 is 14.1 Å². The van der Waals surface area contributed by atoms with Gasteiger partial charge in [0.25, 0.3) is 5.91 Å². The Bertz CT molecular complexity index is 627. The summed E-state index contributed by atoms with van der Waals surface area (Å²) in [4.78, 5) is 14.2. The molecule has 6 nitrogen and oxygen atoms in total. The highest BCUT2D eigenvalue weighted by Crippen LogP contribution is 2.23. The number of rotatable bonds is 4. The zero-order chi connectivity index (χ0) is 15.5. The van der Waals surface area contributed by atoms with E-state index in [1.165, 1.54) is 0 Å². The Kier molecular flexibility index (Phi) is 4.29. The van der Waals surface area contributed by atoms with Gasteiger partial charge >= 0.3 is 0 Å².